The molecule has 0 bridgehead atoms. The quantitative estimate of drug-likeness (QED) is 0.762. The number of hydrogen-bond donors (Lipinski definition) is 0. The monoisotopic (exact) mass is 345 g/mol. The molecule has 0 radical (unpaired) electrons. The predicted molar refractivity (Wildman–Crippen MR) is 93.8 cm³/mol. The smallest absolute Gasteiger partial charge is 0.243 e. The number of aromatic nitrogens is 3. The third-order valence-corrected chi connectivity index (χ3v) is 5.10. The molecule has 2 aromatic heterocycles. The van der Waals surface area contributed by atoms with Crippen LogP contribution in [0.2, 0.25) is 0 Å². The summed E-state index contributed by atoms with van der Waals surface area (Å²) in [6, 6.07) is 4.65. The molecule has 0 spiro atoms. The molecule has 0 aliphatic carbocycles. The summed E-state index contributed by atoms with van der Waals surface area (Å²) in [5.74, 6) is 1.77. The van der Waals surface area contributed by atoms with Crippen LogP contribution in [-0.4, -0.2) is 59.2 Å². The molecule has 0 amide bonds. The van der Waals surface area contributed by atoms with Crippen molar-refractivity contribution in [2.24, 2.45) is 5.92 Å². The molecule has 0 aromatic carbocycles. The van der Waals surface area contributed by atoms with E-state index in [4.69, 9.17) is 9.26 Å². The zero-order valence-electron chi connectivity index (χ0n) is 15.4. The van der Waals surface area contributed by atoms with Gasteiger partial charge in [-0.25, -0.2) is 0 Å². The standard InChI is InChI=1S/C18H27N5O2/c1-13(18-20-16(12-24-4)21-25-18)23(3)11-15-7-9-22(2)17(15)14-6-5-8-19-10-14/h5-6,8,10,13,15,17H,7,9,11-12H2,1-4H3/t13?,15-,17-/m0/s1. The fraction of sp³-hybridized carbons (Fsp3) is 0.611. The van der Waals surface area contributed by atoms with Crippen molar-refractivity contribution in [3.05, 3.63) is 41.8 Å². The topological polar surface area (TPSA) is 67.5 Å². The Morgan fingerprint density at radius 1 is 1.48 bits per heavy atom. The van der Waals surface area contributed by atoms with Gasteiger partial charge in [-0.1, -0.05) is 11.2 Å². The van der Waals surface area contributed by atoms with Gasteiger partial charge >= 0.3 is 0 Å². The molecule has 0 saturated carbocycles. The lowest BCUT2D eigenvalue weighted by Gasteiger charge is -2.30. The summed E-state index contributed by atoms with van der Waals surface area (Å²) < 4.78 is 10.4. The molecule has 136 valence electrons. The third kappa shape index (κ3) is 4.05. The molecule has 25 heavy (non-hydrogen) atoms. The Balaban J connectivity index is 1.67. The van der Waals surface area contributed by atoms with Crippen LogP contribution in [0.5, 0.6) is 0 Å². The van der Waals surface area contributed by atoms with Crippen molar-refractivity contribution in [2.45, 2.75) is 32.0 Å². The van der Waals surface area contributed by atoms with Crippen LogP contribution in [0.25, 0.3) is 0 Å². The number of likely N-dealkylation sites (tertiary alicyclic amines) is 1. The van der Waals surface area contributed by atoms with Gasteiger partial charge in [0.25, 0.3) is 0 Å². The summed E-state index contributed by atoms with van der Waals surface area (Å²) in [4.78, 5) is 13.4. The number of pyridine rings is 1. The van der Waals surface area contributed by atoms with E-state index in [1.54, 1.807) is 7.11 Å². The molecule has 3 atom stereocenters. The zero-order valence-corrected chi connectivity index (χ0v) is 15.4. The van der Waals surface area contributed by atoms with E-state index in [1.165, 1.54) is 12.0 Å². The van der Waals surface area contributed by atoms with E-state index < -0.39 is 0 Å². The zero-order chi connectivity index (χ0) is 17.8. The summed E-state index contributed by atoms with van der Waals surface area (Å²) in [5.41, 5.74) is 1.29. The van der Waals surface area contributed by atoms with E-state index in [0.29, 0.717) is 30.3 Å². The van der Waals surface area contributed by atoms with E-state index >= 15 is 0 Å². The van der Waals surface area contributed by atoms with Crippen molar-refractivity contribution in [3.63, 3.8) is 0 Å². The van der Waals surface area contributed by atoms with Gasteiger partial charge in [-0.15, -0.1) is 0 Å². The molecular formula is C18H27N5O2. The van der Waals surface area contributed by atoms with Crippen molar-refractivity contribution >= 4 is 0 Å². The van der Waals surface area contributed by atoms with Crippen LogP contribution >= 0.6 is 0 Å². The first-order chi connectivity index (χ1) is 12.1. The van der Waals surface area contributed by atoms with Crippen molar-refractivity contribution in [2.75, 3.05) is 34.3 Å². The molecule has 1 fully saturated rings. The molecule has 7 nitrogen and oxygen atoms in total. The van der Waals surface area contributed by atoms with Crippen LogP contribution in [0.3, 0.4) is 0 Å². The van der Waals surface area contributed by atoms with Gasteiger partial charge in [0.15, 0.2) is 5.82 Å². The molecule has 1 unspecified atom stereocenters. The fourth-order valence-electron chi connectivity index (χ4n) is 3.64. The van der Waals surface area contributed by atoms with Gasteiger partial charge in [0.2, 0.25) is 5.89 Å². The first-order valence-electron chi connectivity index (χ1n) is 8.72. The molecule has 1 saturated heterocycles. The van der Waals surface area contributed by atoms with Crippen molar-refractivity contribution in [1.29, 1.82) is 0 Å². The van der Waals surface area contributed by atoms with Gasteiger partial charge in [0, 0.05) is 32.1 Å². The Labute approximate surface area is 149 Å². The van der Waals surface area contributed by atoms with Crippen LogP contribution in [0, 0.1) is 5.92 Å². The highest BCUT2D eigenvalue weighted by atomic mass is 16.5. The molecular weight excluding hydrogens is 318 g/mol. The maximum Gasteiger partial charge on any atom is 0.243 e. The Kier molecular flexibility index (Phi) is 5.78. The average molecular weight is 345 g/mol. The van der Waals surface area contributed by atoms with Gasteiger partial charge in [0.05, 0.1) is 6.04 Å². The molecule has 7 heteroatoms. The van der Waals surface area contributed by atoms with Crippen molar-refractivity contribution in [3.8, 4) is 0 Å². The summed E-state index contributed by atoms with van der Waals surface area (Å²) in [6.45, 7) is 4.54. The van der Waals surface area contributed by atoms with Crippen molar-refractivity contribution < 1.29 is 9.26 Å². The highest BCUT2D eigenvalue weighted by Crippen LogP contribution is 2.37. The molecule has 0 N–H and O–H groups in total. The largest absolute Gasteiger partial charge is 0.377 e. The molecule has 3 heterocycles. The molecule has 2 aromatic rings. The summed E-state index contributed by atoms with van der Waals surface area (Å²) in [7, 11) is 5.93. The lowest BCUT2D eigenvalue weighted by Crippen LogP contribution is -2.32. The summed E-state index contributed by atoms with van der Waals surface area (Å²) >= 11 is 0. The number of ether oxygens (including phenoxy) is 1. The Bertz CT molecular complexity index is 662. The van der Waals surface area contributed by atoms with Gasteiger partial charge in [0.1, 0.15) is 6.61 Å². The Morgan fingerprint density at radius 2 is 2.32 bits per heavy atom. The average Bonchev–Trinajstić information content (AvgIpc) is 3.22. The van der Waals surface area contributed by atoms with E-state index in [-0.39, 0.29) is 6.04 Å². The third-order valence-electron chi connectivity index (χ3n) is 5.10. The molecule has 1 aliphatic rings. The highest BCUT2D eigenvalue weighted by molar-refractivity contribution is 5.17. The lowest BCUT2D eigenvalue weighted by molar-refractivity contribution is 0.160. The highest BCUT2D eigenvalue weighted by Gasteiger charge is 2.35. The summed E-state index contributed by atoms with van der Waals surface area (Å²) in [5, 5.41) is 3.96. The maximum atomic E-state index is 5.39. The minimum Gasteiger partial charge on any atom is -0.377 e. The lowest BCUT2D eigenvalue weighted by atomic mass is 9.94. The second-order valence-corrected chi connectivity index (χ2v) is 6.86. The van der Waals surface area contributed by atoms with Gasteiger partial charge in [-0.2, -0.15) is 4.98 Å². The maximum absolute atomic E-state index is 5.39. The SMILES string of the molecule is COCc1noc(C(C)N(C)C[C@@H]2CCN(C)[C@H]2c2cccnc2)n1. The minimum atomic E-state index is 0.0681. The van der Waals surface area contributed by atoms with E-state index in [0.717, 1.165) is 13.1 Å². The van der Waals surface area contributed by atoms with Crippen LogP contribution in [0.1, 0.15) is 42.7 Å². The minimum absolute atomic E-state index is 0.0681. The molecule has 1 aliphatic heterocycles. The number of methoxy groups -OCH3 is 1. The van der Waals surface area contributed by atoms with Crippen molar-refractivity contribution in [1.82, 2.24) is 24.9 Å². The van der Waals surface area contributed by atoms with E-state index in [2.05, 4.69) is 52.0 Å². The van der Waals surface area contributed by atoms with E-state index in [1.807, 2.05) is 18.5 Å². The van der Waals surface area contributed by atoms with Crippen LogP contribution in [0.4, 0.5) is 0 Å². The number of nitrogens with zero attached hydrogens (tertiary/aromatic N) is 5. The first-order valence-corrected chi connectivity index (χ1v) is 8.72. The van der Waals surface area contributed by atoms with E-state index in [9.17, 15) is 0 Å². The van der Waals surface area contributed by atoms with Gasteiger partial charge in [-0.05, 0) is 51.5 Å². The number of hydrogen-bond acceptors (Lipinski definition) is 7. The van der Waals surface area contributed by atoms with Gasteiger partial charge < -0.3 is 9.26 Å². The van der Waals surface area contributed by atoms with Gasteiger partial charge in [-0.3, -0.25) is 14.8 Å². The Hall–Kier alpha value is -1.83. The van der Waals surface area contributed by atoms with Crippen LogP contribution in [-0.2, 0) is 11.3 Å². The second-order valence-electron chi connectivity index (χ2n) is 6.86. The second kappa shape index (κ2) is 8.03. The number of rotatable bonds is 7. The molecule has 3 rings (SSSR count). The Morgan fingerprint density at radius 3 is 3.04 bits per heavy atom. The first kappa shape index (κ1) is 18.0. The van der Waals surface area contributed by atoms with Crippen LogP contribution < -0.4 is 0 Å². The van der Waals surface area contributed by atoms with Crippen LogP contribution in [0.15, 0.2) is 29.0 Å². The fourth-order valence-corrected chi connectivity index (χ4v) is 3.64. The predicted octanol–water partition coefficient (Wildman–Crippen LogP) is 2.30. The normalized spacial score (nSPS) is 22.6. The summed E-state index contributed by atoms with van der Waals surface area (Å²) in [6.07, 6.45) is 4.98.